The molecule has 0 amide bonds. The molecule has 2 heterocycles. The maximum atomic E-state index is 13.7. The normalized spacial score (nSPS) is 20.8. The van der Waals surface area contributed by atoms with Crippen LogP contribution in [0.5, 0.6) is 0 Å². The number of halogens is 1. The lowest BCUT2D eigenvalue weighted by atomic mass is 10.1. The Bertz CT molecular complexity index is 550. The van der Waals surface area contributed by atoms with E-state index >= 15 is 0 Å². The van der Waals surface area contributed by atoms with Crippen LogP contribution in [0, 0.1) is 5.82 Å². The Labute approximate surface area is 113 Å². The third-order valence-electron chi connectivity index (χ3n) is 3.47. The monoisotopic (exact) mass is 287 g/mol. The number of anilines is 1. The highest BCUT2D eigenvalue weighted by Crippen LogP contribution is 2.23. The van der Waals surface area contributed by atoms with Crippen molar-refractivity contribution >= 4 is 15.8 Å². The molecule has 19 heavy (non-hydrogen) atoms. The zero-order chi connectivity index (χ0) is 14.0. The van der Waals surface area contributed by atoms with Gasteiger partial charge >= 0.3 is 0 Å². The minimum atomic E-state index is -3.23. The van der Waals surface area contributed by atoms with Gasteiger partial charge in [0.2, 0.25) is 10.0 Å². The van der Waals surface area contributed by atoms with Crippen LogP contribution in [0.25, 0.3) is 0 Å². The van der Waals surface area contributed by atoms with Gasteiger partial charge in [0.1, 0.15) is 0 Å². The lowest BCUT2D eigenvalue weighted by Gasteiger charge is -2.37. The molecule has 1 aromatic heterocycles. The van der Waals surface area contributed by atoms with Crippen molar-refractivity contribution < 1.29 is 12.8 Å². The van der Waals surface area contributed by atoms with Crippen LogP contribution >= 0.6 is 0 Å². The average molecular weight is 287 g/mol. The molecule has 1 aromatic rings. The van der Waals surface area contributed by atoms with E-state index < -0.39 is 10.0 Å². The van der Waals surface area contributed by atoms with E-state index in [1.54, 1.807) is 19.3 Å². The fourth-order valence-electron chi connectivity index (χ4n) is 2.32. The zero-order valence-electron chi connectivity index (χ0n) is 11.1. The number of hydrogen-bond acceptors (Lipinski definition) is 4. The highest BCUT2D eigenvalue weighted by molar-refractivity contribution is 7.88. The van der Waals surface area contributed by atoms with Gasteiger partial charge in [-0.25, -0.2) is 22.1 Å². The molecule has 2 rings (SSSR count). The van der Waals surface area contributed by atoms with Gasteiger partial charge in [0.05, 0.1) is 6.26 Å². The number of sulfonamides is 1. The van der Waals surface area contributed by atoms with Crippen LogP contribution < -0.4 is 4.90 Å². The Hall–Kier alpha value is -1.21. The van der Waals surface area contributed by atoms with E-state index in [0.717, 1.165) is 12.8 Å². The van der Waals surface area contributed by atoms with Gasteiger partial charge in [0, 0.05) is 32.4 Å². The molecule has 1 fully saturated rings. The van der Waals surface area contributed by atoms with Crippen molar-refractivity contribution in [2.24, 2.45) is 0 Å². The number of aromatic nitrogens is 1. The van der Waals surface area contributed by atoms with Crippen molar-refractivity contribution in [2.45, 2.75) is 18.9 Å². The van der Waals surface area contributed by atoms with E-state index in [-0.39, 0.29) is 11.9 Å². The van der Waals surface area contributed by atoms with Gasteiger partial charge in [-0.15, -0.1) is 0 Å². The molecule has 1 unspecified atom stereocenters. The molecule has 0 N–H and O–H groups in total. The number of piperidine rings is 1. The summed E-state index contributed by atoms with van der Waals surface area (Å²) < 4.78 is 38.2. The van der Waals surface area contributed by atoms with E-state index in [2.05, 4.69) is 4.98 Å². The van der Waals surface area contributed by atoms with Crippen LogP contribution in [0.3, 0.4) is 0 Å². The Morgan fingerprint density at radius 2 is 2.26 bits per heavy atom. The second-order valence-corrected chi connectivity index (χ2v) is 6.87. The SMILES string of the molecule is CN(C1CCCN(c2ncccc2F)C1)S(C)(=O)=O. The predicted molar refractivity (Wildman–Crippen MR) is 72.0 cm³/mol. The molecular weight excluding hydrogens is 269 g/mol. The first-order valence-electron chi connectivity index (χ1n) is 6.18. The maximum Gasteiger partial charge on any atom is 0.211 e. The lowest BCUT2D eigenvalue weighted by molar-refractivity contribution is 0.320. The second-order valence-electron chi connectivity index (χ2n) is 4.83. The predicted octanol–water partition coefficient (Wildman–Crippen LogP) is 1.08. The number of hydrogen-bond donors (Lipinski definition) is 0. The Kier molecular flexibility index (Phi) is 4.05. The Morgan fingerprint density at radius 1 is 1.53 bits per heavy atom. The molecular formula is C12H18FN3O2S. The van der Waals surface area contributed by atoms with Crippen molar-refractivity contribution in [3.05, 3.63) is 24.1 Å². The van der Waals surface area contributed by atoms with Crippen molar-refractivity contribution in [1.82, 2.24) is 9.29 Å². The van der Waals surface area contributed by atoms with Crippen molar-refractivity contribution in [3.63, 3.8) is 0 Å². The fraction of sp³-hybridized carbons (Fsp3) is 0.583. The average Bonchev–Trinajstić information content (AvgIpc) is 2.37. The highest BCUT2D eigenvalue weighted by atomic mass is 32.2. The first kappa shape index (κ1) is 14.2. The summed E-state index contributed by atoms with van der Waals surface area (Å²) in [5, 5.41) is 0. The standard InChI is InChI=1S/C12H18FN3O2S/c1-15(19(2,17)18)10-5-4-8-16(9-10)12-11(13)6-3-7-14-12/h3,6-7,10H,4-5,8-9H2,1-2H3. The summed E-state index contributed by atoms with van der Waals surface area (Å²) in [6, 6.07) is 2.78. The van der Waals surface area contributed by atoms with Crippen molar-refractivity contribution in [2.75, 3.05) is 31.3 Å². The quantitative estimate of drug-likeness (QED) is 0.835. The smallest absolute Gasteiger partial charge is 0.211 e. The second kappa shape index (κ2) is 5.42. The lowest BCUT2D eigenvalue weighted by Crippen LogP contribution is -2.48. The van der Waals surface area contributed by atoms with Gasteiger partial charge in [-0.1, -0.05) is 0 Å². The molecule has 0 aliphatic carbocycles. The molecule has 106 valence electrons. The summed E-state index contributed by atoms with van der Waals surface area (Å²) in [7, 11) is -1.66. The van der Waals surface area contributed by atoms with Crippen LogP contribution in [0.4, 0.5) is 10.2 Å². The van der Waals surface area contributed by atoms with Crippen LogP contribution in [0.1, 0.15) is 12.8 Å². The molecule has 1 aliphatic rings. The van der Waals surface area contributed by atoms with E-state index in [4.69, 9.17) is 0 Å². The van der Waals surface area contributed by atoms with Gasteiger partial charge in [-0.05, 0) is 25.0 Å². The van der Waals surface area contributed by atoms with Crippen LogP contribution in [0.2, 0.25) is 0 Å². The first-order chi connectivity index (χ1) is 8.89. The van der Waals surface area contributed by atoms with E-state index in [9.17, 15) is 12.8 Å². The molecule has 1 saturated heterocycles. The summed E-state index contributed by atoms with van der Waals surface area (Å²) in [5.74, 6) is -0.0701. The molecule has 5 nitrogen and oxygen atoms in total. The summed E-state index contributed by atoms with van der Waals surface area (Å²) in [6.45, 7) is 1.17. The van der Waals surface area contributed by atoms with Gasteiger partial charge in [0.25, 0.3) is 0 Å². The molecule has 7 heteroatoms. The molecule has 1 aliphatic heterocycles. The number of rotatable bonds is 3. The van der Waals surface area contributed by atoms with Crippen molar-refractivity contribution in [1.29, 1.82) is 0 Å². The molecule has 0 spiro atoms. The summed E-state index contributed by atoms with van der Waals surface area (Å²) in [6.07, 6.45) is 4.34. The zero-order valence-corrected chi connectivity index (χ0v) is 11.9. The molecule has 0 saturated carbocycles. The molecule has 0 bridgehead atoms. The topological polar surface area (TPSA) is 53.5 Å². The molecule has 0 aromatic carbocycles. The van der Waals surface area contributed by atoms with E-state index in [1.165, 1.54) is 16.6 Å². The third kappa shape index (κ3) is 3.22. The van der Waals surface area contributed by atoms with Crippen LogP contribution in [-0.4, -0.2) is 50.1 Å². The van der Waals surface area contributed by atoms with Gasteiger partial charge in [-0.2, -0.15) is 0 Å². The summed E-state index contributed by atoms with van der Waals surface area (Å²) >= 11 is 0. The minimum Gasteiger partial charge on any atom is -0.353 e. The highest BCUT2D eigenvalue weighted by Gasteiger charge is 2.29. The third-order valence-corrected chi connectivity index (χ3v) is 4.82. The number of likely N-dealkylation sites (N-methyl/N-ethyl adjacent to an activating group) is 1. The maximum absolute atomic E-state index is 13.7. The molecule has 1 atom stereocenters. The fourth-order valence-corrected chi connectivity index (χ4v) is 3.04. The summed E-state index contributed by atoms with van der Waals surface area (Å²) in [4.78, 5) is 5.85. The van der Waals surface area contributed by atoms with Crippen molar-refractivity contribution in [3.8, 4) is 0 Å². The van der Waals surface area contributed by atoms with Gasteiger partial charge in [-0.3, -0.25) is 0 Å². The summed E-state index contributed by atoms with van der Waals surface area (Å²) in [5.41, 5.74) is 0. The van der Waals surface area contributed by atoms with E-state index in [1.807, 2.05) is 4.90 Å². The van der Waals surface area contributed by atoms with Crippen LogP contribution in [-0.2, 0) is 10.0 Å². The first-order valence-corrected chi connectivity index (χ1v) is 8.03. The number of pyridine rings is 1. The molecule has 0 radical (unpaired) electrons. The Morgan fingerprint density at radius 3 is 2.89 bits per heavy atom. The van der Waals surface area contributed by atoms with Crippen LogP contribution in [0.15, 0.2) is 18.3 Å². The largest absolute Gasteiger partial charge is 0.353 e. The van der Waals surface area contributed by atoms with Gasteiger partial charge in [0.15, 0.2) is 11.6 Å². The minimum absolute atomic E-state index is 0.134. The van der Waals surface area contributed by atoms with E-state index in [0.29, 0.717) is 18.9 Å². The number of nitrogens with zero attached hydrogens (tertiary/aromatic N) is 3. The van der Waals surface area contributed by atoms with Gasteiger partial charge < -0.3 is 4.90 Å². The Balaban J connectivity index is 2.16.